The smallest absolute Gasteiger partial charge is 0.419 e. The van der Waals surface area contributed by atoms with Gasteiger partial charge in [0.15, 0.2) is 11.6 Å². The van der Waals surface area contributed by atoms with Crippen molar-refractivity contribution in [3.05, 3.63) is 52.8 Å². The van der Waals surface area contributed by atoms with E-state index in [0.717, 1.165) is 44.2 Å². The number of esters is 1. The Kier molecular flexibility index (Phi) is 9.40. The van der Waals surface area contributed by atoms with Crippen LogP contribution < -0.4 is 9.64 Å². The first-order valence-electron chi connectivity index (χ1n) is 12.6. The van der Waals surface area contributed by atoms with Gasteiger partial charge in [-0.1, -0.05) is 13.0 Å². The Bertz CT molecular complexity index is 1160. The van der Waals surface area contributed by atoms with Crippen molar-refractivity contribution < 1.29 is 41.7 Å². The van der Waals surface area contributed by atoms with Gasteiger partial charge in [0.1, 0.15) is 5.75 Å². The SMILES string of the molecule is COC(=O)c1cc(Oc2ccc(CCO)cc2C(F)(F)F)c(F)cc1N(C(=O)[C@H]1CC[C@H](C)CC1)C(C)C. The number of methoxy groups -OCH3 is 1. The Morgan fingerprint density at radius 1 is 1.08 bits per heavy atom. The molecule has 0 spiro atoms. The summed E-state index contributed by atoms with van der Waals surface area (Å²) in [5.41, 5.74) is -1.17. The molecule has 0 aliphatic heterocycles. The molecule has 0 atom stereocenters. The van der Waals surface area contributed by atoms with E-state index in [1.807, 2.05) is 0 Å². The predicted octanol–water partition coefficient (Wildman–Crippen LogP) is 6.53. The molecule has 2 aromatic rings. The predicted molar refractivity (Wildman–Crippen MR) is 134 cm³/mol. The van der Waals surface area contributed by atoms with E-state index < -0.39 is 41.1 Å². The number of carbonyl (C=O) groups excluding carboxylic acids is 2. The molecular weight excluding hydrogens is 506 g/mol. The summed E-state index contributed by atoms with van der Waals surface area (Å²) in [6.07, 6.45) is -1.71. The van der Waals surface area contributed by atoms with E-state index in [4.69, 9.17) is 14.6 Å². The first-order valence-corrected chi connectivity index (χ1v) is 12.6. The van der Waals surface area contributed by atoms with Crippen LogP contribution in [0.4, 0.5) is 23.2 Å². The second kappa shape index (κ2) is 12.1. The third kappa shape index (κ3) is 6.64. The van der Waals surface area contributed by atoms with Gasteiger partial charge >= 0.3 is 12.1 Å². The third-order valence-corrected chi connectivity index (χ3v) is 6.80. The second-order valence-corrected chi connectivity index (χ2v) is 9.95. The van der Waals surface area contributed by atoms with Crippen molar-refractivity contribution in [2.24, 2.45) is 11.8 Å². The minimum absolute atomic E-state index is 0.00210. The van der Waals surface area contributed by atoms with Crippen LogP contribution in [0.25, 0.3) is 0 Å². The van der Waals surface area contributed by atoms with Gasteiger partial charge in [-0.2, -0.15) is 13.2 Å². The summed E-state index contributed by atoms with van der Waals surface area (Å²) >= 11 is 0. The average Bonchev–Trinajstić information content (AvgIpc) is 2.85. The van der Waals surface area contributed by atoms with Crippen molar-refractivity contribution in [2.45, 2.75) is 65.1 Å². The van der Waals surface area contributed by atoms with E-state index in [1.54, 1.807) is 13.8 Å². The molecule has 3 rings (SSSR count). The minimum Gasteiger partial charge on any atom is -0.465 e. The van der Waals surface area contributed by atoms with Crippen LogP contribution in [0.1, 0.15) is 67.9 Å². The molecule has 0 bridgehead atoms. The van der Waals surface area contributed by atoms with Crippen molar-refractivity contribution in [2.75, 3.05) is 18.6 Å². The molecule has 38 heavy (non-hydrogen) atoms. The van der Waals surface area contributed by atoms with Crippen LogP contribution in [0.2, 0.25) is 0 Å². The van der Waals surface area contributed by atoms with Gasteiger partial charge in [0.25, 0.3) is 0 Å². The van der Waals surface area contributed by atoms with Gasteiger partial charge in [0, 0.05) is 30.7 Å². The Balaban J connectivity index is 2.06. The molecule has 208 valence electrons. The maximum absolute atomic E-state index is 15.4. The summed E-state index contributed by atoms with van der Waals surface area (Å²) in [6, 6.07) is 4.64. The number of hydrogen-bond acceptors (Lipinski definition) is 5. The maximum Gasteiger partial charge on any atom is 0.419 e. The van der Waals surface area contributed by atoms with E-state index in [2.05, 4.69) is 6.92 Å². The molecule has 1 N–H and O–H groups in total. The van der Waals surface area contributed by atoms with E-state index in [1.165, 1.54) is 11.0 Å². The van der Waals surface area contributed by atoms with Crippen LogP contribution in [0.15, 0.2) is 30.3 Å². The summed E-state index contributed by atoms with van der Waals surface area (Å²) in [5, 5.41) is 9.07. The molecule has 1 aliphatic carbocycles. The lowest BCUT2D eigenvalue weighted by atomic mass is 9.82. The number of rotatable bonds is 8. The van der Waals surface area contributed by atoms with Gasteiger partial charge in [0.2, 0.25) is 5.91 Å². The number of carbonyl (C=O) groups is 2. The van der Waals surface area contributed by atoms with Crippen molar-refractivity contribution >= 4 is 17.6 Å². The molecule has 1 saturated carbocycles. The second-order valence-electron chi connectivity index (χ2n) is 9.95. The van der Waals surface area contributed by atoms with Crippen LogP contribution in [0.5, 0.6) is 11.5 Å². The molecule has 1 fully saturated rings. The molecule has 10 heteroatoms. The zero-order valence-corrected chi connectivity index (χ0v) is 21.9. The third-order valence-electron chi connectivity index (χ3n) is 6.80. The molecule has 6 nitrogen and oxygen atoms in total. The van der Waals surface area contributed by atoms with E-state index in [0.29, 0.717) is 18.8 Å². The van der Waals surface area contributed by atoms with Crippen LogP contribution in [0, 0.1) is 17.7 Å². The highest BCUT2D eigenvalue weighted by Gasteiger charge is 2.36. The summed E-state index contributed by atoms with van der Waals surface area (Å²) in [4.78, 5) is 27.6. The van der Waals surface area contributed by atoms with Crippen molar-refractivity contribution in [3.63, 3.8) is 0 Å². The average molecular weight is 540 g/mol. The van der Waals surface area contributed by atoms with Crippen molar-refractivity contribution in [3.8, 4) is 11.5 Å². The van der Waals surface area contributed by atoms with Crippen molar-refractivity contribution in [1.82, 2.24) is 0 Å². The molecule has 0 radical (unpaired) electrons. The number of ether oxygens (including phenoxy) is 2. The van der Waals surface area contributed by atoms with Gasteiger partial charge in [0.05, 0.1) is 23.9 Å². The molecular formula is C28H33F4NO5. The molecule has 0 saturated heterocycles. The largest absolute Gasteiger partial charge is 0.465 e. The van der Waals surface area contributed by atoms with E-state index in [9.17, 15) is 22.8 Å². The molecule has 0 unspecified atom stereocenters. The Morgan fingerprint density at radius 3 is 2.29 bits per heavy atom. The van der Waals surface area contributed by atoms with Crippen LogP contribution >= 0.6 is 0 Å². The lowest BCUT2D eigenvalue weighted by Gasteiger charge is -2.34. The van der Waals surface area contributed by atoms with E-state index >= 15 is 4.39 Å². The minimum atomic E-state index is -4.82. The highest BCUT2D eigenvalue weighted by Crippen LogP contribution is 2.41. The fraction of sp³-hybridized carbons (Fsp3) is 0.500. The van der Waals surface area contributed by atoms with Gasteiger partial charge in [-0.15, -0.1) is 0 Å². The number of alkyl halides is 3. The molecule has 1 amide bonds. The number of benzene rings is 2. The first-order chi connectivity index (χ1) is 17.9. The van der Waals surface area contributed by atoms with Crippen LogP contribution in [-0.4, -0.2) is 36.7 Å². The number of anilines is 1. The number of halogens is 4. The van der Waals surface area contributed by atoms with Gasteiger partial charge in [-0.05, 0) is 69.6 Å². The number of hydrogen-bond donors (Lipinski definition) is 1. The highest BCUT2D eigenvalue weighted by molar-refractivity contribution is 6.04. The van der Waals surface area contributed by atoms with Crippen LogP contribution in [0.3, 0.4) is 0 Å². The summed E-state index contributed by atoms with van der Waals surface area (Å²) in [7, 11) is 1.11. The fourth-order valence-corrected chi connectivity index (χ4v) is 4.74. The summed E-state index contributed by atoms with van der Waals surface area (Å²) in [6.45, 7) is 5.24. The Labute approximate surface area is 219 Å². The molecule has 0 aromatic heterocycles. The molecule has 1 aliphatic rings. The normalized spacial score (nSPS) is 17.8. The number of aliphatic hydroxyl groups is 1. The topological polar surface area (TPSA) is 76.1 Å². The first kappa shape index (κ1) is 29.4. The monoisotopic (exact) mass is 539 g/mol. The quantitative estimate of drug-likeness (QED) is 0.305. The highest BCUT2D eigenvalue weighted by atomic mass is 19.4. The number of aliphatic hydroxyl groups excluding tert-OH is 1. The Hall–Kier alpha value is -3.14. The molecule has 2 aromatic carbocycles. The number of amides is 1. The zero-order valence-electron chi connectivity index (χ0n) is 21.9. The van der Waals surface area contributed by atoms with Gasteiger partial charge in [-0.3, -0.25) is 4.79 Å². The van der Waals surface area contributed by atoms with Gasteiger partial charge < -0.3 is 19.5 Å². The lowest BCUT2D eigenvalue weighted by Crippen LogP contribution is -2.43. The summed E-state index contributed by atoms with van der Waals surface area (Å²) < 4.78 is 66.8. The molecule has 0 heterocycles. The van der Waals surface area contributed by atoms with E-state index in [-0.39, 0.29) is 41.7 Å². The number of nitrogens with zero attached hydrogens (tertiary/aromatic N) is 1. The fourth-order valence-electron chi connectivity index (χ4n) is 4.74. The van der Waals surface area contributed by atoms with Gasteiger partial charge in [-0.25, -0.2) is 9.18 Å². The van der Waals surface area contributed by atoms with Crippen molar-refractivity contribution in [1.29, 1.82) is 0 Å². The zero-order chi connectivity index (χ0) is 28.2. The Morgan fingerprint density at radius 2 is 1.74 bits per heavy atom. The lowest BCUT2D eigenvalue weighted by molar-refractivity contribution is -0.138. The van der Waals surface area contributed by atoms with Crippen LogP contribution in [-0.2, 0) is 22.1 Å². The standard InChI is InChI=1S/C28H33F4NO5/c1-16(2)33(26(35)19-8-5-17(3)6-9-19)23-15-22(29)25(14-20(23)27(36)37-4)38-24-10-7-18(11-12-34)13-21(24)28(30,31)32/h7,10,13-17,19,34H,5-6,8-9,11-12H2,1-4H3/t17-,19-. The maximum atomic E-state index is 15.4. The summed E-state index contributed by atoms with van der Waals surface area (Å²) in [5.74, 6) is -3.27.